The molecular formula is C15H14F3N3O5S2. The van der Waals surface area contributed by atoms with E-state index in [4.69, 9.17) is 0 Å². The highest BCUT2D eigenvalue weighted by Crippen LogP contribution is 2.31. The van der Waals surface area contributed by atoms with Gasteiger partial charge in [-0.15, -0.1) is 0 Å². The van der Waals surface area contributed by atoms with Crippen molar-refractivity contribution < 1.29 is 36.3 Å². The van der Waals surface area contributed by atoms with Crippen LogP contribution in [0.4, 0.5) is 19.0 Å². The molecular weight excluding hydrogens is 423 g/mol. The van der Waals surface area contributed by atoms with Crippen molar-refractivity contribution in [1.82, 2.24) is 9.71 Å². The van der Waals surface area contributed by atoms with Gasteiger partial charge in [0, 0.05) is 5.38 Å². The fourth-order valence-electron chi connectivity index (χ4n) is 1.80. The second-order valence-corrected chi connectivity index (χ2v) is 8.43. The quantitative estimate of drug-likeness (QED) is 0.657. The number of rotatable bonds is 5. The van der Waals surface area contributed by atoms with Gasteiger partial charge in [0.15, 0.2) is 5.82 Å². The Morgan fingerprint density at radius 2 is 1.82 bits per heavy atom. The Balaban J connectivity index is 2.49. The number of aliphatic hydroxyl groups is 1. The minimum atomic E-state index is -4.92. The van der Waals surface area contributed by atoms with E-state index < -0.39 is 50.0 Å². The highest BCUT2D eigenvalue weighted by molar-refractivity contribution is 7.90. The van der Waals surface area contributed by atoms with E-state index in [9.17, 15) is 36.3 Å². The van der Waals surface area contributed by atoms with E-state index in [-0.39, 0.29) is 5.56 Å². The fraction of sp³-hybridized carbons (Fsp3) is 0.267. The molecule has 2 aromatic rings. The zero-order valence-electron chi connectivity index (χ0n) is 14.4. The van der Waals surface area contributed by atoms with Gasteiger partial charge in [-0.25, -0.2) is 18.1 Å². The summed E-state index contributed by atoms with van der Waals surface area (Å²) < 4.78 is 65.4. The lowest BCUT2D eigenvalue weighted by Crippen LogP contribution is -2.38. The topological polar surface area (TPSA) is 125 Å². The number of halogens is 3. The molecule has 0 aliphatic rings. The third kappa shape index (κ3) is 5.05. The van der Waals surface area contributed by atoms with Gasteiger partial charge in [-0.1, -0.05) is 0 Å². The lowest BCUT2D eigenvalue weighted by molar-refractivity contribution is -0.141. The highest BCUT2D eigenvalue weighted by Gasteiger charge is 2.36. The number of sulfonamides is 1. The first-order chi connectivity index (χ1) is 12.7. The number of carbonyl (C=O) groups excluding carboxylic acids is 2. The molecule has 0 saturated heterocycles. The summed E-state index contributed by atoms with van der Waals surface area (Å²) in [6.07, 6.45) is -4.92. The number of hydrogen-bond acceptors (Lipinski definition) is 7. The van der Waals surface area contributed by atoms with Gasteiger partial charge in [0.1, 0.15) is 16.2 Å². The van der Waals surface area contributed by atoms with Crippen molar-refractivity contribution in [2.24, 2.45) is 0 Å². The molecule has 0 aromatic carbocycles. The Morgan fingerprint density at radius 3 is 2.32 bits per heavy atom. The molecule has 0 radical (unpaired) electrons. The summed E-state index contributed by atoms with van der Waals surface area (Å²) in [6, 6.07) is 2.29. The number of pyridine rings is 1. The van der Waals surface area contributed by atoms with Crippen LogP contribution in [0.15, 0.2) is 33.9 Å². The maximum atomic E-state index is 12.9. The summed E-state index contributed by atoms with van der Waals surface area (Å²) in [5.74, 6) is -3.19. The van der Waals surface area contributed by atoms with Crippen molar-refractivity contribution in [1.29, 1.82) is 0 Å². The van der Waals surface area contributed by atoms with Crippen molar-refractivity contribution in [2.45, 2.75) is 30.5 Å². The van der Waals surface area contributed by atoms with Crippen molar-refractivity contribution in [3.05, 3.63) is 40.2 Å². The minimum Gasteiger partial charge on any atom is -0.381 e. The zero-order chi connectivity index (χ0) is 21.3. The summed E-state index contributed by atoms with van der Waals surface area (Å²) in [5, 5.41) is 14.4. The molecule has 152 valence electrons. The van der Waals surface area contributed by atoms with Gasteiger partial charge in [0.25, 0.3) is 21.8 Å². The standard InChI is InChI=1S/C15H14F3N3O5S2/c1-14(2,24)13(23)20-11-9(3-4-10(19-11)15(16,17)18)28(25,26)21-12(22)8-5-6-27-7-8/h3-7,24H,1-2H3,(H,21,22)(H,19,20,23). The second kappa shape index (κ2) is 7.48. The van der Waals surface area contributed by atoms with Crippen molar-refractivity contribution in [2.75, 3.05) is 5.32 Å². The molecule has 3 N–H and O–H groups in total. The number of nitrogens with zero attached hydrogens (tertiary/aromatic N) is 1. The molecule has 8 nitrogen and oxygen atoms in total. The van der Waals surface area contributed by atoms with Gasteiger partial charge >= 0.3 is 6.18 Å². The molecule has 2 aromatic heterocycles. The SMILES string of the molecule is CC(C)(O)C(=O)Nc1nc(C(F)(F)F)ccc1S(=O)(=O)NC(=O)c1ccsc1. The van der Waals surface area contributed by atoms with Gasteiger partial charge in [-0.2, -0.15) is 24.5 Å². The van der Waals surface area contributed by atoms with Crippen LogP contribution in [0.2, 0.25) is 0 Å². The van der Waals surface area contributed by atoms with Crippen molar-refractivity contribution in [3.63, 3.8) is 0 Å². The van der Waals surface area contributed by atoms with Crippen LogP contribution < -0.4 is 10.0 Å². The molecule has 2 heterocycles. The van der Waals surface area contributed by atoms with Crippen LogP contribution in [-0.4, -0.2) is 35.9 Å². The van der Waals surface area contributed by atoms with Crippen molar-refractivity contribution >= 4 is 39.0 Å². The minimum absolute atomic E-state index is 0.0236. The molecule has 0 fully saturated rings. The second-order valence-electron chi connectivity index (χ2n) is 6.00. The Kier molecular flexibility index (Phi) is 5.82. The van der Waals surface area contributed by atoms with Crippen LogP contribution in [0.5, 0.6) is 0 Å². The lowest BCUT2D eigenvalue weighted by Gasteiger charge is -2.19. The van der Waals surface area contributed by atoms with Crippen LogP contribution in [0.1, 0.15) is 29.9 Å². The summed E-state index contributed by atoms with van der Waals surface area (Å²) >= 11 is 1.13. The van der Waals surface area contributed by atoms with Crippen LogP contribution >= 0.6 is 11.3 Å². The zero-order valence-corrected chi connectivity index (χ0v) is 16.0. The summed E-state index contributed by atoms with van der Waals surface area (Å²) in [6.45, 7) is 2.09. The smallest absolute Gasteiger partial charge is 0.381 e. The summed E-state index contributed by atoms with van der Waals surface area (Å²) in [5.41, 5.74) is -3.48. The largest absolute Gasteiger partial charge is 0.433 e. The predicted octanol–water partition coefficient (Wildman–Crippen LogP) is 1.99. The monoisotopic (exact) mass is 437 g/mol. The molecule has 0 saturated carbocycles. The molecule has 0 unspecified atom stereocenters. The van der Waals surface area contributed by atoms with Crippen LogP contribution in [0.3, 0.4) is 0 Å². The fourth-order valence-corrected chi connectivity index (χ4v) is 3.51. The molecule has 0 aliphatic heterocycles. The molecule has 0 bridgehead atoms. The lowest BCUT2D eigenvalue weighted by atomic mass is 10.1. The van der Waals surface area contributed by atoms with E-state index >= 15 is 0 Å². The Morgan fingerprint density at radius 1 is 1.18 bits per heavy atom. The molecule has 28 heavy (non-hydrogen) atoms. The highest BCUT2D eigenvalue weighted by atomic mass is 32.2. The number of alkyl halides is 3. The van der Waals surface area contributed by atoms with Gasteiger partial charge in [0.2, 0.25) is 0 Å². The number of hydrogen-bond donors (Lipinski definition) is 3. The maximum absolute atomic E-state index is 12.9. The molecule has 13 heteroatoms. The third-order valence-corrected chi connectivity index (χ3v) is 5.28. The summed E-state index contributed by atoms with van der Waals surface area (Å²) in [4.78, 5) is 26.2. The maximum Gasteiger partial charge on any atom is 0.433 e. The van der Waals surface area contributed by atoms with Gasteiger partial charge in [-0.3, -0.25) is 9.59 Å². The molecule has 0 atom stereocenters. The van der Waals surface area contributed by atoms with E-state index in [1.807, 2.05) is 5.32 Å². The average molecular weight is 437 g/mol. The predicted molar refractivity (Wildman–Crippen MR) is 93.1 cm³/mol. The molecule has 0 spiro atoms. The number of nitrogens with one attached hydrogen (secondary N) is 2. The van der Waals surface area contributed by atoms with Gasteiger partial charge in [-0.05, 0) is 37.4 Å². The Bertz CT molecular complexity index is 997. The number of anilines is 1. The Labute approximate surface area is 161 Å². The van der Waals surface area contributed by atoms with Gasteiger partial charge < -0.3 is 10.4 Å². The number of carbonyl (C=O) groups is 2. The number of amides is 2. The first-order valence-electron chi connectivity index (χ1n) is 7.43. The van der Waals surface area contributed by atoms with E-state index in [2.05, 4.69) is 4.98 Å². The van der Waals surface area contributed by atoms with E-state index in [1.54, 1.807) is 4.72 Å². The number of thiophene rings is 1. The molecule has 0 aliphatic carbocycles. The van der Waals surface area contributed by atoms with Gasteiger partial charge in [0.05, 0.1) is 5.56 Å². The van der Waals surface area contributed by atoms with Crippen molar-refractivity contribution in [3.8, 4) is 0 Å². The van der Waals surface area contributed by atoms with Crippen LogP contribution in [-0.2, 0) is 21.0 Å². The molecule has 2 rings (SSSR count). The average Bonchev–Trinajstić information content (AvgIpc) is 3.07. The first-order valence-corrected chi connectivity index (χ1v) is 9.86. The Hall–Kier alpha value is -2.51. The summed E-state index contributed by atoms with van der Waals surface area (Å²) in [7, 11) is -4.69. The third-order valence-electron chi connectivity index (χ3n) is 3.24. The molecule has 2 amide bonds. The van der Waals surface area contributed by atoms with E-state index in [0.717, 1.165) is 25.2 Å². The van der Waals surface area contributed by atoms with Crippen LogP contribution in [0.25, 0.3) is 0 Å². The van der Waals surface area contributed by atoms with E-state index in [0.29, 0.717) is 12.1 Å². The number of aromatic nitrogens is 1. The van der Waals surface area contributed by atoms with E-state index in [1.165, 1.54) is 16.8 Å². The van der Waals surface area contributed by atoms with Crippen LogP contribution in [0, 0.1) is 0 Å². The first kappa shape index (κ1) is 21.8. The normalized spacial score (nSPS) is 12.5.